The SMILES string of the molecule is COC(=O)C(C)(C)[C@@H](N)c1cccc(C(F)(F)F)c1. The quantitative estimate of drug-likeness (QED) is 0.863. The van der Waals surface area contributed by atoms with Crippen molar-refractivity contribution < 1.29 is 22.7 Å². The van der Waals surface area contributed by atoms with E-state index in [0.29, 0.717) is 0 Å². The van der Waals surface area contributed by atoms with Crippen LogP contribution in [0.15, 0.2) is 24.3 Å². The fourth-order valence-electron chi connectivity index (χ4n) is 1.72. The number of ether oxygens (including phenoxy) is 1. The van der Waals surface area contributed by atoms with E-state index in [1.54, 1.807) is 0 Å². The van der Waals surface area contributed by atoms with Crippen LogP contribution in [0.25, 0.3) is 0 Å². The molecule has 0 heterocycles. The van der Waals surface area contributed by atoms with Crippen LogP contribution in [0.1, 0.15) is 31.0 Å². The second kappa shape index (κ2) is 5.21. The molecule has 106 valence electrons. The molecule has 0 saturated heterocycles. The number of carbonyl (C=O) groups excluding carboxylic acids is 1. The number of hydrogen-bond donors (Lipinski definition) is 1. The molecular weight excluding hydrogens is 259 g/mol. The Bertz CT molecular complexity index is 469. The van der Waals surface area contributed by atoms with Crippen molar-refractivity contribution in [3.8, 4) is 0 Å². The highest BCUT2D eigenvalue weighted by Crippen LogP contribution is 2.35. The Hall–Kier alpha value is -1.56. The Balaban J connectivity index is 3.14. The van der Waals surface area contributed by atoms with Gasteiger partial charge in [-0.15, -0.1) is 0 Å². The Morgan fingerprint density at radius 3 is 2.37 bits per heavy atom. The van der Waals surface area contributed by atoms with Crippen molar-refractivity contribution in [2.24, 2.45) is 11.1 Å². The highest BCUT2D eigenvalue weighted by Gasteiger charge is 2.38. The zero-order valence-corrected chi connectivity index (χ0v) is 10.9. The van der Waals surface area contributed by atoms with Crippen LogP contribution in [-0.2, 0) is 15.7 Å². The number of esters is 1. The number of alkyl halides is 3. The maximum Gasteiger partial charge on any atom is 0.416 e. The van der Waals surface area contributed by atoms with Gasteiger partial charge in [0.15, 0.2) is 0 Å². The lowest BCUT2D eigenvalue weighted by Crippen LogP contribution is -2.37. The van der Waals surface area contributed by atoms with Crippen LogP contribution in [-0.4, -0.2) is 13.1 Å². The number of rotatable bonds is 3. The number of methoxy groups -OCH3 is 1. The number of benzene rings is 1. The number of carbonyl (C=O) groups is 1. The Morgan fingerprint density at radius 2 is 1.89 bits per heavy atom. The van der Waals surface area contributed by atoms with Crippen molar-refractivity contribution in [1.29, 1.82) is 0 Å². The van der Waals surface area contributed by atoms with Crippen molar-refractivity contribution in [2.75, 3.05) is 7.11 Å². The zero-order valence-electron chi connectivity index (χ0n) is 10.9. The summed E-state index contributed by atoms with van der Waals surface area (Å²) >= 11 is 0. The summed E-state index contributed by atoms with van der Waals surface area (Å²) in [6.07, 6.45) is -4.44. The molecule has 3 nitrogen and oxygen atoms in total. The molecule has 1 atom stereocenters. The zero-order chi connectivity index (χ0) is 14.8. The third-order valence-corrected chi connectivity index (χ3v) is 3.06. The first-order valence-electron chi connectivity index (χ1n) is 5.62. The van der Waals surface area contributed by atoms with Crippen molar-refractivity contribution in [1.82, 2.24) is 0 Å². The van der Waals surface area contributed by atoms with Crippen molar-refractivity contribution in [3.63, 3.8) is 0 Å². The predicted molar refractivity (Wildman–Crippen MR) is 64.2 cm³/mol. The van der Waals surface area contributed by atoms with E-state index in [1.807, 2.05) is 0 Å². The lowest BCUT2D eigenvalue weighted by Gasteiger charge is -2.29. The molecule has 1 aromatic rings. The van der Waals surface area contributed by atoms with E-state index in [1.165, 1.54) is 33.1 Å². The second-order valence-electron chi connectivity index (χ2n) is 4.81. The molecule has 0 saturated carbocycles. The van der Waals surface area contributed by atoms with E-state index < -0.39 is 29.2 Å². The molecule has 2 N–H and O–H groups in total. The van der Waals surface area contributed by atoms with E-state index in [-0.39, 0.29) is 5.56 Å². The lowest BCUT2D eigenvalue weighted by atomic mass is 9.80. The van der Waals surface area contributed by atoms with Crippen LogP contribution < -0.4 is 5.73 Å². The molecule has 0 fully saturated rings. The third kappa shape index (κ3) is 3.26. The highest BCUT2D eigenvalue weighted by molar-refractivity contribution is 5.77. The molecule has 0 bridgehead atoms. The van der Waals surface area contributed by atoms with Gasteiger partial charge in [0.2, 0.25) is 0 Å². The summed E-state index contributed by atoms with van der Waals surface area (Å²) < 4.78 is 42.5. The Kier molecular flexibility index (Phi) is 4.25. The van der Waals surface area contributed by atoms with Crippen molar-refractivity contribution in [3.05, 3.63) is 35.4 Å². The molecule has 0 amide bonds. The van der Waals surface area contributed by atoms with Crippen molar-refractivity contribution in [2.45, 2.75) is 26.1 Å². The van der Waals surface area contributed by atoms with Crippen LogP contribution in [0.5, 0.6) is 0 Å². The minimum absolute atomic E-state index is 0.241. The number of nitrogens with two attached hydrogens (primary N) is 1. The van der Waals surface area contributed by atoms with Gasteiger partial charge in [-0.25, -0.2) is 0 Å². The number of hydrogen-bond acceptors (Lipinski definition) is 3. The fraction of sp³-hybridized carbons (Fsp3) is 0.462. The molecule has 0 spiro atoms. The van der Waals surface area contributed by atoms with Crippen LogP contribution in [0, 0.1) is 5.41 Å². The second-order valence-corrected chi connectivity index (χ2v) is 4.81. The maximum absolute atomic E-state index is 12.6. The maximum atomic E-state index is 12.6. The van der Waals surface area contributed by atoms with Crippen LogP contribution in [0.3, 0.4) is 0 Å². The molecule has 0 aliphatic carbocycles. The highest BCUT2D eigenvalue weighted by atomic mass is 19.4. The van der Waals surface area contributed by atoms with Crippen LogP contribution in [0.4, 0.5) is 13.2 Å². The van der Waals surface area contributed by atoms with Gasteiger partial charge in [0.25, 0.3) is 0 Å². The smallest absolute Gasteiger partial charge is 0.416 e. The number of halogens is 3. The van der Waals surface area contributed by atoms with E-state index in [0.717, 1.165) is 12.1 Å². The molecule has 1 rings (SSSR count). The summed E-state index contributed by atoms with van der Waals surface area (Å²) in [6, 6.07) is 3.76. The Morgan fingerprint density at radius 1 is 1.32 bits per heavy atom. The molecule has 6 heteroatoms. The minimum atomic E-state index is -4.44. The standard InChI is InChI=1S/C13H16F3NO2/c1-12(2,11(18)19-3)10(17)8-5-4-6-9(7-8)13(14,15)16/h4-7,10H,17H2,1-3H3/t10-/m0/s1. The molecule has 0 radical (unpaired) electrons. The summed E-state index contributed by atoms with van der Waals surface area (Å²) in [6.45, 7) is 3.06. The summed E-state index contributed by atoms with van der Waals surface area (Å²) in [5.41, 5.74) is 4.23. The van der Waals surface area contributed by atoms with Gasteiger partial charge < -0.3 is 10.5 Å². The van der Waals surface area contributed by atoms with Gasteiger partial charge in [0.1, 0.15) is 0 Å². The summed E-state index contributed by atoms with van der Waals surface area (Å²) in [5, 5.41) is 0. The van der Waals surface area contributed by atoms with E-state index in [4.69, 9.17) is 5.73 Å². The molecule has 0 unspecified atom stereocenters. The molecule has 1 aromatic carbocycles. The third-order valence-electron chi connectivity index (χ3n) is 3.06. The lowest BCUT2D eigenvalue weighted by molar-refractivity contribution is -0.152. The summed E-state index contributed by atoms with van der Waals surface area (Å²) in [5.74, 6) is -0.572. The topological polar surface area (TPSA) is 52.3 Å². The van der Waals surface area contributed by atoms with Crippen molar-refractivity contribution >= 4 is 5.97 Å². The monoisotopic (exact) mass is 275 g/mol. The average molecular weight is 275 g/mol. The van der Waals surface area contributed by atoms with Gasteiger partial charge in [0.05, 0.1) is 18.1 Å². The van der Waals surface area contributed by atoms with E-state index in [9.17, 15) is 18.0 Å². The average Bonchev–Trinajstić information content (AvgIpc) is 2.35. The first-order valence-corrected chi connectivity index (χ1v) is 5.62. The molecule has 19 heavy (non-hydrogen) atoms. The van der Waals surface area contributed by atoms with Crippen LogP contribution in [0.2, 0.25) is 0 Å². The van der Waals surface area contributed by atoms with E-state index in [2.05, 4.69) is 4.74 Å². The van der Waals surface area contributed by atoms with Gasteiger partial charge >= 0.3 is 12.1 Å². The summed E-state index contributed by atoms with van der Waals surface area (Å²) in [7, 11) is 1.21. The predicted octanol–water partition coefficient (Wildman–Crippen LogP) is 2.90. The Labute approximate surface area is 109 Å². The van der Waals surface area contributed by atoms with E-state index >= 15 is 0 Å². The fourth-order valence-corrected chi connectivity index (χ4v) is 1.72. The first kappa shape index (κ1) is 15.5. The largest absolute Gasteiger partial charge is 0.469 e. The summed E-state index contributed by atoms with van der Waals surface area (Å²) in [4.78, 5) is 11.6. The van der Waals surface area contributed by atoms with Gasteiger partial charge in [-0.2, -0.15) is 13.2 Å². The molecule has 0 aromatic heterocycles. The van der Waals surface area contributed by atoms with Crippen LogP contribution >= 0.6 is 0 Å². The molecule has 0 aliphatic heterocycles. The first-order chi connectivity index (χ1) is 8.60. The van der Waals surface area contributed by atoms with Gasteiger partial charge in [-0.3, -0.25) is 4.79 Å². The van der Waals surface area contributed by atoms with Gasteiger partial charge in [-0.1, -0.05) is 12.1 Å². The normalized spacial score (nSPS) is 14.1. The van der Waals surface area contributed by atoms with Gasteiger partial charge in [-0.05, 0) is 31.5 Å². The van der Waals surface area contributed by atoms with Gasteiger partial charge in [0, 0.05) is 6.04 Å². The minimum Gasteiger partial charge on any atom is -0.469 e. The molecular formula is C13H16F3NO2. The molecule has 0 aliphatic rings.